The summed E-state index contributed by atoms with van der Waals surface area (Å²) in [6.07, 6.45) is 13.4. The molecule has 1 saturated heterocycles. The lowest BCUT2D eigenvalue weighted by Gasteiger charge is -2.42. The molecule has 0 spiro atoms. The van der Waals surface area contributed by atoms with E-state index in [1.54, 1.807) is 30.5 Å². The monoisotopic (exact) mass is 753 g/mol. The number of hydrogen-bond donors (Lipinski definition) is 1. The van der Waals surface area contributed by atoms with E-state index >= 15 is 0 Å². The van der Waals surface area contributed by atoms with Crippen molar-refractivity contribution in [3.05, 3.63) is 54.5 Å². The Balaban J connectivity index is 1.09. The number of anilines is 2. The molecule has 288 valence electrons. The van der Waals surface area contributed by atoms with Crippen LogP contribution in [0.2, 0.25) is 5.02 Å². The summed E-state index contributed by atoms with van der Waals surface area (Å²) in [5.74, 6) is 1.47. The second kappa shape index (κ2) is 19.5. The fraction of sp³-hybridized carbons (Fsp3) is 0.595. The Morgan fingerprint density at radius 1 is 0.925 bits per heavy atom. The van der Waals surface area contributed by atoms with Crippen molar-refractivity contribution in [1.82, 2.24) is 39.4 Å². The van der Waals surface area contributed by atoms with Gasteiger partial charge < -0.3 is 33.7 Å². The normalized spacial score (nSPS) is 21.4. The van der Waals surface area contributed by atoms with E-state index in [1.165, 1.54) is 6.33 Å². The van der Waals surface area contributed by atoms with Gasteiger partial charge in [0.15, 0.2) is 0 Å². The Bertz CT molecular complexity index is 1660. The molecule has 1 N–H and O–H groups in total. The number of nitrogens with zero attached hydrogens (tertiary/aromatic N) is 8. The van der Waals surface area contributed by atoms with Crippen LogP contribution in [0.5, 0.6) is 11.6 Å². The van der Waals surface area contributed by atoms with Gasteiger partial charge in [0.25, 0.3) is 5.88 Å². The van der Waals surface area contributed by atoms with E-state index < -0.39 is 0 Å². The third kappa shape index (κ3) is 11.3. The summed E-state index contributed by atoms with van der Waals surface area (Å²) in [7, 11) is 1.65. The molecule has 16 heteroatoms. The van der Waals surface area contributed by atoms with Gasteiger partial charge >= 0.3 is 0 Å². The van der Waals surface area contributed by atoms with E-state index in [0.717, 1.165) is 49.9 Å². The molecule has 1 aliphatic carbocycles. The van der Waals surface area contributed by atoms with Crippen LogP contribution in [0, 0.1) is 0 Å². The first-order valence-corrected chi connectivity index (χ1v) is 18.9. The summed E-state index contributed by atoms with van der Waals surface area (Å²) in [4.78, 5) is 15.9. The highest BCUT2D eigenvalue weighted by atomic mass is 35.5. The number of halogens is 1. The van der Waals surface area contributed by atoms with Crippen molar-refractivity contribution in [2.24, 2.45) is 0 Å². The molecular weight excluding hydrogens is 702 g/mol. The van der Waals surface area contributed by atoms with Crippen molar-refractivity contribution in [2.75, 3.05) is 65.2 Å². The molecule has 2 fully saturated rings. The first kappa shape index (κ1) is 38.9. The van der Waals surface area contributed by atoms with E-state index in [-0.39, 0.29) is 24.4 Å². The van der Waals surface area contributed by atoms with Crippen molar-refractivity contribution >= 4 is 23.2 Å². The number of morpholine rings is 1. The van der Waals surface area contributed by atoms with Crippen LogP contribution in [-0.4, -0.2) is 124 Å². The summed E-state index contributed by atoms with van der Waals surface area (Å²) in [6.45, 7) is 11.6. The number of rotatable bonds is 19. The minimum absolute atomic E-state index is 0.177. The number of nitrogens with one attached hydrogen (secondary N) is 1. The second-order valence-electron chi connectivity index (χ2n) is 13.7. The number of aromatic nitrogens is 7. The molecule has 2 aliphatic rings. The number of hydrogen-bond acceptors (Lipinski definition) is 13. The summed E-state index contributed by atoms with van der Waals surface area (Å²) < 4.78 is 38.2. The van der Waals surface area contributed by atoms with Crippen LogP contribution in [0.3, 0.4) is 0 Å². The third-order valence-electron chi connectivity index (χ3n) is 9.37. The van der Waals surface area contributed by atoms with Crippen LogP contribution < -0.4 is 14.8 Å². The van der Waals surface area contributed by atoms with Gasteiger partial charge in [0.1, 0.15) is 36.8 Å². The van der Waals surface area contributed by atoms with Gasteiger partial charge in [0, 0.05) is 44.2 Å². The molecule has 1 saturated carbocycles. The van der Waals surface area contributed by atoms with Crippen molar-refractivity contribution in [2.45, 2.75) is 83.4 Å². The molecule has 4 heterocycles. The Morgan fingerprint density at radius 3 is 2.32 bits per heavy atom. The Hall–Kier alpha value is -3.86. The van der Waals surface area contributed by atoms with Gasteiger partial charge in [-0.3, -0.25) is 9.58 Å². The molecule has 4 aromatic rings. The fourth-order valence-electron chi connectivity index (χ4n) is 6.90. The van der Waals surface area contributed by atoms with Gasteiger partial charge in [0.2, 0.25) is 5.95 Å². The smallest absolute Gasteiger partial charge is 0.257 e. The maximum absolute atomic E-state index is 6.49. The van der Waals surface area contributed by atoms with E-state index in [1.807, 2.05) is 36.0 Å². The zero-order valence-electron chi connectivity index (χ0n) is 31.1. The van der Waals surface area contributed by atoms with E-state index in [2.05, 4.69) is 44.1 Å². The molecular formula is C37H52ClN9O6. The lowest BCUT2D eigenvalue weighted by molar-refractivity contribution is -0.0852. The van der Waals surface area contributed by atoms with Crippen molar-refractivity contribution in [3.63, 3.8) is 0 Å². The summed E-state index contributed by atoms with van der Waals surface area (Å²) in [6, 6.07) is 6.46. The molecule has 0 bridgehead atoms. The van der Waals surface area contributed by atoms with Gasteiger partial charge in [-0.25, -0.2) is 19.6 Å². The molecule has 1 aromatic carbocycles. The van der Waals surface area contributed by atoms with Gasteiger partial charge in [-0.1, -0.05) is 17.7 Å². The van der Waals surface area contributed by atoms with E-state index in [9.17, 15) is 0 Å². The zero-order chi connectivity index (χ0) is 37.0. The predicted molar refractivity (Wildman–Crippen MR) is 200 cm³/mol. The molecule has 6 rings (SSSR count). The standard InChI is InChI=1S/C37H52ClN9O6/c1-26-20-45(21-27(2)52-26)31-6-8-32(9-7-31)47-23-34(36(44-47)51-16-15-50-14-13-49-12-11-48-4)43-37-40-18-30(19-41-37)29-5-10-33(38)35(17-29)53-28(3)22-46-25-39-24-42-46/h5,10,17-19,23-28,31-32H,6-9,11-16,20-22H2,1-4H3,(H,40,41,43)/t26-,27+,28-,31?,32?/m0/s1. The third-order valence-corrected chi connectivity index (χ3v) is 9.69. The van der Waals surface area contributed by atoms with Crippen molar-refractivity contribution in [1.29, 1.82) is 0 Å². The first-order valence-electron chi connectivity index (χ1n) is 18.5. The quantitative estimate of drug-likeness (QED) is 0.121. The van der Waals surface area contributed by atoms with E-state index in [4.69, 9.17) is 45.1 Å². The molecule has 1 aliphatic heterocycles. The minimum Gasteiger partial charge on any atom is -0.487 e. The average Bonchev–Trinajstić information content (AvgIpc) is 3.82. The summed E-state index contributed by atoms with van der Waals surface area (Å²) in [5, 5.41) is 12.9. The first-order chi connectivity index (χ1) is 25.8. The zero-order valence-corrected chi connectivity index (χ0v) is 31.9. The number of benzene rings is 1. The SMILES string of the molecule is COCCOCCOCCOc1nn(C2CCC(N3C[C@@H](C)O[C@@H](C)C3)CC2)cc1Nc1ncc(-c2ccc(Cl)c(O[C@@H](C)Cn3cncn3)c2)cn1. The van der Waals surface area contributed by atoms with Crippen molar-refractivity contribution in [3.8, 4) is 22.8 Å². The van der Waals surface area contributed by atoms with Gasteiger partial charge in [0.05, 0.1) is 69.0 Å². The Morgan fingerprint density at radius 2 is 1.62 bits per heavy atom. The Labute approximate surface area is 316 Å². The topological polar surface area (TPSA) is 145 Å². The van der Waals surface area contributed by atoms with Gasteiger partial charge in [-0.15, -0.1) is 5.10 Å². The fourth-order valence-corrected chi connectivity index (χ4v) is 7.06. The molecule has 0 amide bonds. The second-order valence-corrected chi connectivity index (χ2v) is 14.1. The number of ether oxygens (including phenoxy) is 6. The molecule has 3 atom stereocenters. The van der Waals surface area contributed by atoms with Crippen LogP contribution in [0.25, 0.3) is 11.1 Å². The highest BCUT2D eigenvalue weighted by molar-refractivity contribution is 6.32. The number of methoxy groups -OCH3 is 1. The lowest BCUT2D eigenvalue weighted by atomic mass is 9.89. The van der Waals surface area contributed by atoms with Crippen LogP contribution in [0.4, 0.5) is 11.6 Å². The van der Waals surface area contributed by atoms with Gasteiger partial charge in [-0.05, 0) is 64.2 Å². The molecule has 0 radical (unpaired) electrons. The van der Waals surface area contributed by atoms with E-state index in [0.29, 0.717) is 80.5 Å². The Kier molecular flexibility index (Phi) is 14.3. The molecule has 15 nitrogen and oxygen atoms in total. The van der Waals surface area contributed by atoms with Crippen LogP contribution in [0.1, 0.15) is 52.5 Å². The maximum atomic E-state index is 6.49. The highest BCUT2D eigenvalue weighted by Gasteiger charge is 2.32. The molecule has 3 aromatic heterocycles. The molecule has 0 unspecified atom stereocenters. The van der Waals surface area contributed by atoms with Gasteiger partial charge in [-0.2, -0.15) is 5.10 Å². The summed E-state index contributed by atoms with van der Waals surface area (Å²) in [5.41, 5.74) is 2.39. The van der Waals surface area contributed by atoms with Crippen LogP contribution >= 0.6 is 11.6 Å². The predicted octanol–water partition coefficient (Wildman–Crippen LogP) is 5.45. The highest BCUT2D eigenvalue weighted by Crippen LogP contribution is 2.36. The van der Waals surface area contributed by atoms with Crippen molar-refractivity contribution < 1.29 is 28.4 Å². The lowest BCUT2D eigenvalue weighted by Crippen LogP contribution is -2.51. The van der Waals surface area contributed by atoms with Crippen LogP contribution in [-0.2, 0) is 25.5 Å². The van der Waals surface area contributed by atoms with Crippen LogP contribution in [0.15, 0.2) is 49.4 Å². The summed E-state index contributed by atoms with van der Waals surface area (Å²) >= 11 is 6.49. The average molecular weight is 754 g/mol. The molecule has 53 heavy (non-hydrogen) atoms. The minimum atomic E-state index is -0.177. The largest absolute Gasteiger partial charge is 0.487 e. The maximum Gasteiger partial charge on any atom is 0.257 e.